The third-order valence-electron chi connectivity index (χ3n) is 5.36. The van der Waals surface area contributed by atoms with Crippen LogP contribution in [0.2, 0.25) is 0 Å². The lowest BCUT2D eigenvalue weighted by molar-refractivity contribution is 0.265. The van der Waals surface area contributed by atoms with E-state index in [-0.39, 0.29) is 24.0 Å². The molecule has 1 aliphatic heterocycles. The summed E-state index contributed by atoms with van der Waals surface area (Å²) in [6.07, 6.45) is 4.90. The van der Waals surface area contributed by atoms with E-state index in [0.29, 0.717) is 18.0 Å². The van der Waals surface area contributed by atoms with Gasteiger partial charge in [-0.05, 0) is 50.8 Å². The molecule has 29 heavy (non-hydrogen) atoms. The molecule has 1 aromatic heterocycles. The fourth-order valence-electron chi connectivity index (χ4n) is 3.62. The second-order valence-electron chi connectivity index (χ2n) is 7.92. The molecule has 1 saturated heterocycles. The number of hydrogen-bond donors (Lipinski definition) is 2. The molecule has 3 rings (SSSR count). The zero-order chi connectivity index (χ0) is 19.9. The molecule has 6 nitrogen and oxygen atoms in total. The normalized spacial score (nSPS) is 20.0. The van der Waals surface area contributed by atoms with Crippen molar-refractivity contribution in [3.05, 3.63) is 48.3 Å². The molecule has 0 aliphatic carbocycles. The van der Waals surface area contributed by atoms with Gasteiger partial charge in [-0.3, -0.25) is 9.89 Å². The minimum absolute atomic E-state index is 0. The molecule has 0 spiro atoms. The molecule has 0 radical (unpaired) electrons. The molecular formula is C22H35IN6. The highest BCUT2D eigenvalue weighted by Crippen LogP contribution is 2.18. The summed E-state index contributed by atoms with van der Waals surface area (Å²) in [7, 11) is 0. The van der Waals surface area contributed by atoms with Crippen molar-refractivity contribution in [1.82, 2.24) is 25.3 Å². The van der Waals surface area contributed by atoms with Crippen LogP contribution in [-0.2, 0) is 6.42 Å². The summed E-state index contributed by atoms with van der Waals surface area (Å²) in [5.41, 5.74) is 2.28. The summed E-state index contributed by atoms with van der Waals surface area (Å²) in [5.74, 6) is 1.54. The lowest BCUT2D eigenvalue weighted by atomic mass is 10.1. The smallest absolute Gasteiger partial charge is 0.191 e. The van der Waals surface area contributed by atoms with Crippen LogP contribution in [0.1, 0.15) is 33.3 Å². The van der Waals surface area contributed by atoms with Gasteiger partial charge in [0.05, 0.1) is 11.9 Å². The van der Waals surface area contributed by atoms with Crippen molar-refractivity contribution in [2.45, 2.75) is 46.2 Å². The van der Waals surface area contributed by atoms with Gasteiger partial charge in [0.2, 0.25) is 0 Å². The van der Waals surface area contributed by atoms with Crippen molar-refractivity contribution >= 4 is 29.9 Å². The molecule has 2 heterocycles. The van der Waals surface area contributed by atoms with Crippen LogP contribution in [0.4, 0.5) is 0 Å². The molecule has 2 unspecified atom stereocenters. The fourth-order valence-corrected chi connectivity index (χ4v) is 3.62. The van der Waals surface area contributed by atoms with E-state index in [4.69, 9.17) is 4.99 Å². The number of rotatable bonds is 7. The number of aromatic nitrogens is 2. The van der Waals surface area contributed by atoms with Crippen molar-refractivity contribution in [2.75, 3.05) is 26.2 Å². The van der Waals surface area contributed by atoms with Gasteiger partial charge in [-0.15, -0.1) is 24.0 Å². The summed E-state index contributed by atoms with van der Waals surface area (Å²) in [6.45, 7) is 12.8. The predicted octanol–water partition coefficient (Wildman–Crippen LogP) is 3.32. The Labute approximate surface area is 192 Å². The standard InChI is InChI=1S/C22H34N6.HI/c1-5-23-22(26-21-16-27(17(2)3)14-18(21)4)24-12-11-19-13-25-28(15-19)20-9-7-6-8-10-20;/h6-10,13,15,17-18,21H,5,11-12,14,16H2,1-4H3,(H2,23,24,26);1H. The number of para-hydroxylation sites is 1. The van der Waals surface area contributed by atoms with Gasteiger partial charge in [0.25, 0.3) is 0 Å². The van der Waals surface area contributed by atoms with Gasteiger partial charge in [0.1, 0.15) is 0 Å². The van der Waals surface area contributed by atoms with Crippen LogP contribution < -0.4 is 10.6 Å². The molecular weight excluding hydrogens is 475 g/mol. The average molecular weight is 510 g/mol. The Morgan fingerprint density at radius 3 is 2.66 bits per heavy atom. The van der Waals surface area contributed by atoms with Crippen molar-refractivity contribution < 1.29 is 0 Å². The molecule has 0 amide bonds. The topological polar surface area (TPSA) is 57.5 Å². The highest BCUT2D eigenvalue weighted by Gasteiger charge is 2.31. The molecule has 2 aromatic rings. The second kappa shape index (κ2) is 11.5. The summed E-state index contributed by atoms with van der Waals surface area (Å²) >= 11 is 0. The molecule has 2 N–H and O–H groups in total. The number of halogens is 1. The Morgan fingerprint density at radius 2 is 2.00 bits per heavy atom. The Balaban J connectivity index is 0.00000300. The molecule has 1 aromatic carbocycles. The van der Waals surface area contributed by atoms with Gasteiger partial charge in [-0.2, -0.15) is 5.10 Å². The molecule has 0 saturated carbocycles. The lowest BCUT2D eigenvalue weighted by Crippen LogP contribution is -2.46. The Kier molecular flexibility index (Phi) is 9.42. The highest BCUT2D eigenvalue weighted by molar-refractivity contribution is 14.0. The van der Waals surface area contributed by atoms with Crippen LogP contribution in [-0.4, -0.2) is 58.9 Å². The third kappa shape index (κ3) is 6.70. The zero-order valence-electron chi connectivity index (χ0n) is 18.0. The maximum Gasteiger partial charge on any atom is 0.191 e. The van der Waals surface area contributed by atoms with Gasteiger partial charge in [-0.25, -0.2) is 4.68 Å². The van der Waals surface area contributed by atoms with E-state index < -0.39 is 0 Å². The average Bonchev–Trinajstić information content (AvgIpc) is 3.30. The first kappa shape index (κ1) is 23.7. The van der Waals surface area contributed by atoms with Crippen molar-refractivity contribution in [3.63, 3.8) is 0 Å². The molecule has 2 atom stereocenters. The Hall–Kier alpha value is -1.61. The van der Waals surface area contributed by atoms with E-state index in [1.807, 2.05) is 29.1 Å². The van der Waals surface area contributed by atoms with Crippen LogP contribution >= 0.6 is 24.0 Å². The molecule has 160 valence electrons. The lowest BCUT2D eigenvalue weighted by Gasteiger charge is -2.21. The third-order valence-corrected chi connectivity index (χ3v) is 5.36. The van der Waals surface area contributed by atoms with Gasteiger partial charge < -0.3 is 10.6 Å². The monoisotopic (exact) mass is 510 g/mol. The summed E-state index contributed by atoms with van der Waals surface area (Å²) in [4.78, 5) is 7.33. The SMILES string of the molecule is CCNC(=NCCc1cnn(-c2ccccc2)c1)NC1CN(C(C)C)CC1C.I. The van der Waals surface area contributed by atoms with Crippen molar-refractivity contribution in [1.29, 1.82) is 0 Å². The molecule has 1 aliphatic rings. The summed E-state index contributed by atoms with van der Waals surface area (Å²) in [6, 6.07) is 11.2. The van der Waals surface area contributed by atoms with Crippen LogP contribution in [0.25, 0.3) is 5.69 Å². The number of nitrogens with zero attached hydrogens (tertiary/aromatic N) is 4. The maximum absolute atomic E-state index is 4.80. The second-order valence-corrected chi connectivity index (χ2v) is 7.92. The Bertz CT molecular complexity index is 758. The Morgan fingerprint density at radius 1 is 1.24 bits per heavy atom. The number of likely N-dealkylation sites (tertiary alicyclic amines) is 1. The van der Waals surface area contributed by atoms with Crippen LogP contribution in [0.3, 0.4) is 0 Å². The summed E-state index contributed by atoms with van der Waals surface area (Å²) in [5, 5.41) is 11.5. The van der Waals surface area contributed by atoms with E-state index in [2.05, 4.69) is 66.7 Å². The quantitative estimate of drug-likeness (QED) is 0.341. The minimum Gasteiger partial charge on any atom is -0.357 e. The first-order valence-corrected chi connectivity index (χ1v) is 10.4. The number of nitrogens with one attached hydrogen (secondary N) is 2. The molecule has 1 fully saturated rings. The number of hydrogen-bond acceptors (Lipinski definition) is 3. The minimum atomic E-state index is 0. The van der Waals surface area contributed by atoms with Crippen molar-refractivity contribution in [2.24, 2.45) is 10.9 Å². The number of benzene rings is 1. The van der Waals surface area contributed by atoms with Crippen LogP contribution in [0, 0.1) is 5.92 Å². The van der Waals surface area contributed by atoms with Gasteiger partial charge in [0.15, 0.2) is 5.96 Å². The number of guanidine groups is 1. The van der Waals surface area contributed by atoms with Crippen molar-refractivity contribution in [3.8, 4) is 5.69 Å². The fraction of sp³-hybridized carbons (Fsp3) is 0.545. The van der Waals surface area contributed by atoms with Crippen LogP contribution in [0.5, 0.6) is 0 Å². The van der Waals surface area contributed by atoms with Gasteiger partial charge in [0, 0.05) is 44.5 Å². The molecule has 7 heteroatoms. The summed E-state index contributed by atoms with van der Waals surface area (Å²) < 4.78 is 1.92. The van der Waals surface area contributed by atoms with E-state index in [9.17, 15) is 0 Å². The highest BCUT2D eigenvalue weighted by atomic mass is 127. The maximum atomic E-state index is 4.80. The van der Waals surface area contributed by atoms with E-state index in [1.165, 1.54) is 5.56 Å². The van der Waals surface area contributed by atoms with E-state index >= 15 is 0 Å². The van der Waals surface area contributed by atoms with Gasteiger partial charge in [-0.1, -0.05) is 25.1 Å². The zero-order valence-corrected chi connectivity index (χ0v) is 20.3. The van der Waals surface area contributed by atoms with E-state index in [1.54, 1.807) is 0 Å². The van der Waals surface area contributed by atoms with Crippen LogP contribution in [0.15, 0.2) is 47.7 Å². The van der Waals surface area contributed by atoms with E-state index in [0.717, 1.165) is 44.2 Å². The first-order chi connectivity index (χ1) is 13.6. The predicted molar refractivity (Wildman–Crippen MR) is 131 cm³/mol. The first-order valence-electron chi connectivity index (χ1n) is 10.4. The van der Waals surface area contributed by atoms with Gasteiger partial charge >= 0.3 is 0 Å². The number of aliphatic imine (C=N–C) groups is 1. The molecule has 0 bridgehead atoms. The largest absolute Gasteiger partial charge is 0.357 e.